The molecule has 0 spiro atoms. The average Bonchev–Trinajstić information content (AvgIpc) is 2.62. The lowest BCUT2D eigenvalue weighted by atomic mass is 10.1. The summed E-state index contributed by atoms with van der Waals surface area (Å²) in [6, 6.07) is 7.69. The Morgan fingerprint density at radius 2 is 1.84 bits per heavy atom. The number of nitrogens with zero attached hydrogens (tertiary/aromatic N) is 3. The minimum Gasteiger partial charge on any atom is -0.496 e. The SMILES string of the molecule is COc1cc(C(=O)N2CCN(c3ncc(Br)cc3C)CC2)ccc1C. The Bertz CT molecular complexity index is 786. The third kappa shape index (κ3) is 3.79. The van der Waals surface area contributed by atoms with E-state index in [1.807, 2.05) is 36.2 Å². The molecule has 0 bridgehead atoms. The lowest BCUT2D eigenvalue weighted by molar-refractivity contribution is 0.0746. The molecule has 6 heteroatoms. The van der Waals surface area contributed by atoms with Gasteiger partial charge in [0, 0.05) is 42.4 Å². The molecule has 3 rings (SSSR count). The van der Waals surface area contributed by atoms with Crippen LogP contribution in [0.4, 0.5) is 5.82 Å². The Labute approximate surface area is 156 Å². The molecule has 0 N–H and O–H groups in total. The van der Waals surface area contributed by atoms with Crippen LogP contribution >= 0.6 is 15.9 Å². The molecule has 1 amide bonds. The zero-order valence-corrected chi connectivity index (χ0v) is 16.3. The number of pyridine rings is 1. The summed E-state index contributed by atoms with van der Waals surface area (Å²) in [5.41, 5.74) is 2.84. The van der Waals surface area contributed by atoms with Gasteiger partial charge >= 0.3 is 0 Å². The molecule has 2 heterocycles. The second kappa shape index (κ2) is 7.44. The van der Waals surface area contributed by atoms with E-state index in [0.717, 1.165) is 40.3 Å². The van der Waals surface area contributed by atoms with E-state index in [2.05, 4.69) is 38.8 Å². The van der Waals surface area contributed by atoms with Crippen molar-refractivity contribution in [3.05, 3.63) is 51.6 Å². The first-order chi connectivity index (χ1) is 12.0. The van der Waals surface area contributed by atoms with Gasteiger partial charge in [0.05, 0.1) is 7.11 Å². The number of amides is 1. The van der Waals surface area contributed by atoms with E-state index < -0.39 is 0 Å². The van der Waals surface area contributed by atoms with Crippen molar-refractivity contribution in [2.24, 2.45) is 0 Å². The molecule has 1 aliphatic rings. The fourth-order valence-electron chi connectivity index (χ4n) is 3.12. The number of halogens is 1. The Hall–Kier alpha value is -2.08. The molecule has 1 aromatic carbocycles. The van der Waals surface area contributed by atoms with Crippen LogP contribution in [0, 0.1) is 13.8 Å². The van der Waals surface area contributed by atoms with Gasteiger partial charge in [0.2, 0.25) is 0 Å². The summed E-state index contributed by atoms with van der Waals surface area (Å²) in [6.07, 6.45) is 1.82. The van der Waals surface area contributed by atoms with Crippen molar-refractivity contribution in [2.75, 3.05) is 38.2 Å². The van der Waals surface area contributed by atoms with Gasteiger partial charge < -0.3 is 14.5 Å². The van der Waals surface area contributed by atoms with E-state index >= 15 is 0 Å². The predicted molar refractivity (Wildman–Crippen MR) is 103 cm³/mol. The van der Waals surface area contributed by atoms with Gasteiger partial charge in [0.25, 0.3) is 5.91 Å². The average molecular weight is 404 g/mol. The molecule has 2 aromatic rings. The van der Waals surface area contributed by atoms with Gasteiger partial charge in [0.15, 0.2) is 0 Å². The highest BCUT2D eigenvalue weighted by Gasteiger charge is 2.24. The maximum atomic E-state index is 12.8. The van der Waals surface area contributed by atoms with E-state index in [4.69, 9.17) is 4.74 Å². The molecule has 25 heavy (non-hydrogen) atoms. The molecule has 1 saturated heterocycles. The highest BCUT2D eigenvalue weighted by Crippen LogP contribution is 2.23. The summed E-state index contributed by atoms with van der Waals surface area (Å²) in [6.45, 7) is 6.97. The van der Waals surface area contributed by atoms with Gasteiger partial charge in [-0.05, 0) is 59.1 Å². The number of ether oxygens (including phenoxy) is 1. The standard InChI is InChI=1S/C19H22BrN3O2/c1-13-4-5-15(11-17(13)25-3)19(24)23-8-6-22(7-9-23)18-14(2)10-16(20)12-21-18/h4-5,10-12H,6-9H2,1-3H3. The lowest BCUT2D eigenvalue weighted by Gasteiger charge is -2.36. The van der Waals surface area contributed by atoms with E-state index in [1.54, 1.807) is 7.11 Å². The maximum Gasteiger partial charge on any atom is 0.254 e. The van der Waals surface area contributed by atoms with Crippen molar-refractivity contribution in [1.29, 1.82) is 0 Å². The van der Waals surface area contributed by atoms with Gasteiger partial charge in [-0.15, -0.1) is 0 Å². The molecule has 1 fully saturated rings. The van der Waals surface area contributed by atoms with Crippen molar-refractivity contribution >= 4 is 27.7 Å². The van der Waals surface area contributed by atoms with Gasteiger partial charge in [-0.1, -0.05) is 6.07 Å². The zero-order valence-electron chi connectivity index (χ0n) is 14.8. The lowest BCUT2D eigenvalue weighted by Crippen LogP contribution is -2.49. The summed E-state index contributed by atoms with van der Waals surface area (Å²) in [7, 11) is 1.63. The first-order valence-electron chi connectivity index (χ1n) is 8.30. The number of aromatic nitrogens is 1. The van der Waals surface area contributed by atoms with E-state index in [9.17, 15) is 4.79 Å². The quantitative estimate of drug-likeness (QED) is 0.787. The van der Waals surface area contributed by atoms with Gasteiger partial charge in [-0.25, -0.2) is 4.98 Å². The number of hydrogen-bond acceptors (Lipinski definition) is 4. The van der Waals surface area contributed by atoms with Crippen LogP contribution in [0.25, 0.3) is 0 Å². The van der Waals surface area contributed by atoms with E-state index in [0.29, 0.717) is 18.7 Å². The van der Waals surface area contributed by atoms with Crippen LogP contribution in [0.15, 0.2) is 34.9 Å². The van der Waals surface area contributed by atoms with Crippen LogP contribution in [0.1, 0.15) is 21.5 Å². The Kier molecular flexibility index (Phi) is 5.27. The molecule has 0 aliphatic carbocycles. The predicted octanol–water partition coefficient (Wildman–Crippen LogP) is 3.43. The Morgan fingerprint density at radius 1 is 1.12 bits per heavy atom. The Balaban J connectivity index is 1.68. The minimum atomic E-state index is 0.0541. The van der Waals surface area contributed by atoms with Gasteiger partial charge in [-0.2, -0.15) is 0 Å². The van der Waals surface area contributed by atoms with Crippen LogP contribution in [-0.2, 0) is 0 Å². The van der Waals surface area contributed by atoms with Gasteiger partial charge in [-0.3, -0.25) is 4.79 Å². The summed E-state index contributed by atoms with van der Waals surface area (Å²) >= 11 is 3.45. The molecule has 0 unspecified atom stereocenters. The largest absolute Gasteiger partial charge is 0.496 e. The number of benzene rings is 1. The molecule has 0 atom stereocenters. The molecular formula is C19H22BrN3O2. The fourth-order valence-corrected chi connectivity index (χ4v) is 3.57. The molecule has 5 nitrogen and oxygen atoms in total. The maximum absolute atomic E-state index is 12.8. The van der Waals surface area contributed by atoms with Gasteiger partial charge in [0.1, 0.15) is 11.6 Å². The molecule has 132 valence electrons. The van der Waals surface area contributed by atoms with Crippen molar-refractivity contribution in [3.8, 4) is 5.75 Å². The highest BCUT2D eigenvalue weighted by atomic mass is 79.9. The van der Waals surface area contributed by atoms with E-state index in [1.165, 1.54) is 0 Å². The number of piperazine rings is 1. The number of hydrogen-bond donors (Lipinski definition) is 0. The molecule has 1 aliphatic heterocycles. The smallest absolute Gasteiger partial charge is 0.254 e. The third-order valence-electron chi connectivity index (χ3n) is 4.54. The van der Waals surface area contributed by atoms with Crippen molar-refractivity contribution in [2.45, 2.75) is 13.8 Å². The van der Waals surface area contributed by atoms with Crippen LogP contribution < -0.4 is 9.64 Å². The van der Waals surface area contributed by atoms with Crippen molar-refractivity contribution in [3.63, 3.8) is 0 Å². The summed E-state index contributed by atoms with van der Waals surface area (Å²) in [5, 5.41) is 0. The summed E-state index contributed by atoms with van der Waals surface area (Å²) in [5.74, 6) is 1.80. The summed E-state index contributed by atoms with van der Waals surface area (Å²) < 4.78 is 6.31. The fraction of sp³-hybridized carbons (Fsp3) is 0.368. The van der Waals surface area contributed by atoms with Crippen LogP contribution in [-0.4, -0.2) is 49.1 Å². The molecular weight excluding hydrogens is 382 g/mol. The number of carbonyl (C=O) groups is 1. The van der Waals surface area contributed by atoms with Crippen molar-refractivity contribution in [1.82, 2.24) is 9.88 Å². The summed E-state index contributed by atoms with van der Waals surface area (Å²) in [4.78, 5) is 21.4. The van der Waals surface area contributed by atoms with Crippen LogP contribution in [0.2, 0.25) is 0 Å². The number of carbonyl (C=O) groups excluding carboxylic acids is 1. The van der Waals surface area contributed by atoms with E-state index in [-0.39, 0.29) is 5.91 Å². The molecule has 1 aromatic heterocycles. The van der Waals surface area contributed by atoms with Crippen LogP contribution in [0.5, 0.6) is 5.75 Å². The number of aryl methyl sites for hydroxylation is 2. The number of anilines is 1. The second-order valence-corrected chi connectivity index (χ2v) is 7.17. The normalized spacial score (nSPS) is 14.6. The second-order valence-electron chi connectivity index (χ2n) is 6.26. The van der Waals surface area contributed by atoms with Crippen molar-refractivity contribution < 1.29 is 9.53 Å². The zero-order chi connectivity index (χ0) is 18.0. The highest BCUT2D eigenvalue weighted by molar-refractivity contribution is 9.10. The van der Waals surface area contributed by atoms with Crippen LogP contribution in [0.3, 0.4) is 0 Å². The molecule has 0 saturated carbocycles. The third-order valence-corrected chi connectivity index (χ3v) is 4.97. The minimum absolute atomic E-state index is 0.0541. The number of rotatable bonds is 3. The number of methoxy groups -OCH3 is 1. The topological polar surface area (TPSA) is 45.7 Å². The molecule has 0 radical (unpaired) electrons. The monoisotopic (exact) mass is 403 g/mol. The first kappa shape index (κ1) is 17.7. The first-order valence-corrected chi connectivity index (χ1v) is 9.10. The Morgan fingerprint density at radius 3 is 2.48 bits per heavy atom.